The molecule has 4 aromatic rings. The molecule has 0 unspecified atom stereocenters. The SMILES string of the molecule is Cc1cccnc1-n1c(-c2ccc(Cl)cc2)ccc1-c1ccc(C(=O)CCCCN(C)C)cc1. The van der Waals surface area contributed by atoms with Gasteiger partial charge in [0.2, 0.25) is 0 Å². The van der Waals surface area contributed by atoms with E-state index in [4.69, 9.17) is 11.6 Å². The maximum Gasteiger partial charge on any atom is 0.162 e. The monoisotopic (exact) mass is 471 g/mol. The van der Waals surface area contributed by atoms with Gasteiger partial charge in [0.15, 0.2) is 5.78 Å². The van der Waals surface area contributed by atoms with E-state index in [9.17, 15) is 4.79 Å². The first-order chi connectivity index (χ1) is 16.4. The summed E-state index contributed by atoms with van der Waals surface area (Å²) >= 11 is 6.13. The maximum absolute atomic E-state index is 12.6. The van der Waals surface area contributed by atoms with Crippen LogP contribution in [0.15, 0.2) is 79.0 Å². The van der Waals surface area contributed by atoms with Gasteiger partial charge in [-0.2, -0.15) is 0 Å². The third-order valence-electron chi connectivity index (χ3n) is 5.98. The van der Waals surface area contributed by atoms with Crippen molar-refractivity contribution in [3.63, 3.8) is 0 Å². The first kappa shape index (κ1) is 23.9. The Morgan fingerprint density at radius 3 is 2.09 bits per heavy atom. The second kappa shape index (κ2) is 10.8. The maximum atomic E-state index is 12.6. The van der Waals surface area contributed by atoms with Crippen molar-refractivity contribution in [1.82, 2.24) is 14.5 Å². The van der Waals surface area contributed by atoms with E-state index in [1.165, 1.54) is 0 Å². The molecule has 0 aliphatic rings. The topological polar surface area (TPSA) is 38.1 Å². The summed E-state index contributed by atoms with van der Waals surface area (Å²) in [6.07, 6.45) is 4.33. The van der Waals surface area contributed by atoms with Crippen LogP contribution in [0.4, 0.5) is 0 Å². The van der Waals surface area contributed by atoms with Crippen molar-refractivity contribution in [1.29, 1.82) is 0 Å². The number of carbonyl (C=O) groups is 1. The number of hydrogen-bond donors (Lipinski definition) is 0. The Morgan fingerprint density at radius 1 is 0.882 bits per heavy atom. The molecule has 0 saturated heterocycles. The van der Waals surface area contributed by atoms with Crippen molar-refractivity contribution < 1.29 is 4.79 Å². The third kappa shape index (κ3) is 5.46. The first-order valence-corrected chi connectivity index (χ1v) is 12.0. The lowest BCUT2D eigenvalue weighted by molar-refractivity contribution is 0.0978. The molecule has 0 atom stereocenters. The van der Waals surface area contributed by atoms with E-state index in [0.29, 0.717) is 11.4 Å². The fraction of sp³-hybridized carbons (Fsp3) is 0.241. The van der Waals surface area contributed by atoms with Crippen LogP contribution >= 0.6 is 11.6 Å². The zero-order valence-electron chi connectivity index (χ0n) is 20.0. The fourth-order valence-electron chi connectivity index (χ4n) is 4.13. The summed E-state index contributed by atoms with van der Waals surface area (Å²) in [6.45, 7) is 3.07. The summed E-state index contributed by atoms with van der Waals surface area (Å²) in [5.41, 5.74) is 6.00. The summed E-state index contributed by atoms with van der Waals surface area (Å²) in [5.74, 6) is 1.08. The van der Waals surface area contributed by atoms with Crippen LogP contribution in [-0.4, -0.2) is 40.9 Å². The van der Waals surface area contributed by atoms with Gasteiger partial charge in [0.05, 0.1) is 11.4 Å². The standard InChI is InChI=1S/C29H30ClN3O/c1-21-7-6-19-31-29(21)33-26(17-18-27(33)23-13-15-25(30)16-14-23)22-9-11-24(12-10-22)28(34)8-4-5-20-32(2)3/h6-7,9-19H,4-5,8,20H2,1-3H3. The number of rotatable bonds is 9. The second-order valence-corrected chi connectivity index (χ2v) is 9.29. The smallest absolute Gasteiger partial charge is 0.162 e. The van der Waals surface area contributed by atoms with Crippen molar-refractivity contribution in [3.05, 3.63) is 95.1 Å². The lowest BCUT2D eigenvalue weighted by Crippen LogP contribution is -2.13. The van der Waals surface area contributed by atoms with Gasteiger partial charge >= 0.3 is 0 Å². The molecule has 174 valence electrons. The van der Waals surface area contributed by atoms with E-state index in [0.717, 1.165) is 58.8 Å². The summed E-state index contributed by atoms with van der Waals surface area (Å²) < 4.78 is 2.18. The predicted molar refractivity (Wildman–Crippen MR) is 141 cm³/mol. The average molecular weight is 472 g/mol. The van der Waals surface area contributed by atoms with Gasteiger partial charge in [-0.05, 0) is 87.4 Å². The van der Waals surface area contributed by atoms with Crippen molar-refractivity contribution in [2.24, 2.45) is 0 Å². The van der Waals surface area contributed by atoms with E-state index in [1.807, 2.05) is 60.8 Å². The molecule has 2 aromatic heterocycles. The molecule has 0 bridgehead atoms. The summed E-state index contributed by atoms with van der Waals surface area (Å²) in [7, 11) is 4.11. The molecule has 5 heteroatoms. The molecule has 2 heterocycles. The molecule has 0 N–H and O–H groups in total. The summed E-state index contributed by atoms with van der Waals surface area (Å²) in [5, 5.41) is 0.707. The average Bonchev–Trinajstić information content (AvgIpc) is 3.27. The van der Waals surface area contributed by atoms with Crippen molar-refractivity contribution in [2.75, 3.05) is 20.6 Å². The molecule has 4 rings (SSSR count). The molecule has 0 amide bonds. The minimum atomic E-state index is 0.197. The molecule has 0 saturated carbocycles. The normalized spacial score (nSPS) is 11.2. The fourth-order valence-corrected chi connectivity index (χ4v) is 4.26. The molecule has 0 aliphatic carbocycles. The molecule has 4 nitrogen and oxygen atoms in total. The van der Waals surface area contributed by atoms with Crippen LogP contribution in [0, 0.1) is 6.92 Å². The Kier molecular flexibility index (Phi) is 7.61. The Morgan fingerprint density at radius 2 is 1.50 bits per heavy atom. The lowest BCUT2D eigenvalue weighted by atomic mass is 10.0. The summed E-state index contributed by atoms with van der Waals surface area (Å²) in [6, 6.07) is 24.0. The van der Waals surface area contributed by atoms with E-state index in [2.05, 4.69) is 53.7 Å². The van der Waals surface area contributed by atoms with E-state index in [-0.39, 0.29) is 5.78 Å². The highest BCUT2D eigenvalue weighted by molar-refractivity contribution is 6.30. The highest BCUT2D eigenvalue weighted by atomic mass is 35.5. The van der Waals surface area contributed by atoms with E-state index < -0.39 is 0 Å². The number of nitrogens with zero attached hydrogens (tertiary/aromatic N) is 3. The number of aryl methyl sites for hydroxylation is 1. The number of carbonyl (C=O) groups excluding carboxylic acids is 1. The number of ketones is 1. The highest BCUT2D eigenvalue weighted by Crippen LogP contribution is 2.33. The van der Waals surface area contributed by atoms with Crippen LogP contribution in [0.5, 0.6) is 0 Å². The Hall–Kier alpha value is -3.21. The van der Waals surface area contributed by atoms with Crippen LogP contribution in [0.1, 0.15) is 35.2 Å². The quantitative estimate of drug-likeness (QED) is 0.193. The van der Waals surface area contributed by atoms with Gasteiger partial charge in [-0.15, -0.1) is 0 Å². The van der Waals surface area contributed by atoms with Crippen molar-refractivity contribution >= 4 is 17.4 Å². The lowest BCUT2D eigenvalue weighted by Gasteiger charge is -2.15. The second-order valence-electron chi connectivity index (χ2n) is 8.85. The number of benzene rings is 2. The molecule has 0 fully saturated rings. The van der Waals surface area contributed by atoms with Gasteiger partial charge in [0, 0.05) is 23.2 Å². The van der Waals surface area contributed by atoms with Gasteiger partial charge in [-0.1, -0.05) is 54.1 Å². The number of hydrogen-bond acceptors (Lipinski definition) is 3. The molecule has 0 radical (unpaired) electrons. The highest BCUT2D eigenvalue weighted by Gasteiger charge is 2.16. The minimum absolute atomic E-state index is 0.197. The Bertz CT molecular complexity index is 1260. The minimum Gasteiger partial charge on any atom is -0.309 e. The van der Waals surface area contributed by atoms with Gasteiger partial charge in [-0.3, -0.25) is 9.36 Å². The zero-order valence-corrected chi connectivity index (χ0v) is 20.7. The number of aromatic nitrogens is 2. The largest absolute Gasteiger partial charge is 0.309 e. The van der Waals surface area contributed by atoms with Gasteiger partial charge < -0.3 is 4.90 Å². The molecular formula is C29H30ClN3O. The molecule has 0 aliphatic heterocycles. The third-order valence-corrected chi connectivity index (χ3v) is 6.23. The van der Waals surface area contributed by atoms with Gasteiger partial charge in [-0.25, -0.2) is 4.98 Å². The summed E-state index contributed by atoms with van der Waals surface area (Å²) in [4.78, 5) is 19.5. The molecule has 0 spiro atoms. The van der Waals surface area contributed by atoms with Crippen LogP contribution in [0.2, 0.25) is 5.02 Å². The van der Waals surface area contributed by atoms with Gasteiger partial charge in [0.25, 0.3) is 0 Å². The van der Waals surface area contributed by atoms with Crippen LogP contribution in [-0.2, 0) is 0 Å². The van der Waals surface area contributed by atoms with E-state index >= 15 is 0 Å². The number of halogens is 1. The number of Topliss-reactive ketones (excluding diaryl/α,β-unsaturated/α-hetero) is 1. The molecular weight excluding hydrogens is 442 g/mol. The van der Waals surface area contributed by atoms with Crippen molar-refractivity contribution in [2.45, 2.75) is 26.2 Å². The Balaban J connectivity index is 1.66. The molecule has 2 aromatic carbocycles. The number of pyridine rings is 1. The zero-order chi connectivity index (χ0) is 24.1. The van der Waals surface area contributed by atoms with Crippen LogP contribution < -0.4 is 0 Å². The molecule has 34 heavy (non-hydrogen) atoms. The van der Waals surface area contributed by atoms with E-state index in [1.54, 1.807) is 0 Å². The first-order valence-electron chi connectivity index (χ1n) is 11.6. The van der Waals surface area contributed by atoms with Crippen LogP contribution in [0.25, 0.3) is 28.3 Å². The number of unbranched alkanes of at least 4 members (excludes halogenated alkanes) is 1. The van der Waals surface area contributed by atoms with Crippen molar-refractivity contribution in [3.8, 4) is 28.3 Å². The van der Waals surface area contributed by atoms with Gasteiger partial charge in [0.1, 0.15) is 5.82 Å². The Labute approximate surface area is 206 Å². The predicted octanol–water partition coefficient (Wildman–Crippen LogP) is 7.08. The van der Waals surface area contributed by atoms with Crippen LogP contribution in [0.3, 0.4) is 0 Å².